The SMILES string of the molecule is CC(C)[C@@H](NCC1C=CC(Cl)CC1)C(=O)N1CCC(C2CC=C(Cl)C(F)C2)CC1. The Morgan fingerprint density at radius 2 is 1.93 bits per heavy atom. The van der Waals surface area contributed by atoms with Crippen molar-refractivity contribution in [1.82, 2.24) is 10.2 Å². The van der Waals surface area contributed by atoms with E-state index in [9.17, 15) is 9.18 Å². The van der Waals surface area contributed by atoms with Crippen molar-refractivity contribution in [3.8, 4) is 0 Å². The molecule has 3 aliphatic rings. The number of allylic oxidation sites excluding steroid dienone is 3. The molecule has 1 saturated heterocycles. The number of hydrogen-bond acceptors (Lipinski definition) is 2. The largest absolute Gasteiger partial charge is 0.341 e. The summed E-state index contributed by atoms with van der Waals surface area (Å²) in [5.41, 5.74) is 0. The third kappa shape index (κ3) is 6.21. The molecule has 1 heterocycles. The summed E-state index contributed by atoms with van der Waals surface area (Å²) in [5, 5.41) is 4.05. The number of halogens is 3. The molecule has 1 amide bonds. The molecule has 3 nitrogen and oxygen atoms in total. The summed E-state index contributed by atoms with van der Waals surface area (Å²) in [6.07, 6.45) is 10.5. The fraction of sp³-hybridized carbons (Fsp3) is 0.783. The molecule has 1 fully saturated rings. The number of nitrogens with zero attached hydrogens (tertiary/aromatic N) is 1. The molecule has 1 N–H and O–H groups in total. The van der Waals surface area contributed by atoms with Crippen LogP contribution in [0.4, 0.5) is 4.39 Å². The molecular formula is C23H35Cl2FN2O. The molecule has 2 aliphatic carbocycles. The molecule has 0 aromatic rings. The first kappa shape index (κ1) is 23.1. The average Bonchev–Trinajstić information content (AvgIpc) is 2.71. The minimum Gasteiger partial charge on any atom is -0.341 e. The Bertz CT molecular complexity index is 616. The smallest absolute Gasteiger partial charge is 0.239 e. The van der Waals surface area contributed by atoms with Gasteiger partial charge in [-0.1, -0.05) is 43.7 Å². The zero-order valence-corrected chi connectivity index (χ0v) is 19.1. The lowest BCUT2D eigenvalue weighted by Crippen LogP contribution is -2.52. The van der Waals surface area contributed by atoms with Gasteiger partial charge in [0, 0.05) is 24.7 Å². The van der Waals surface area contributed by atoms with Crippen LogP contribution in [0.1, 0.15) is 52.4 Å². The van der Waals surface area contributed by atoms with Gasteiger partial charge in [0.25, 0.3) is 0 Å². The molecule has 5 atom stereocenters. The molecule has 1 aliphatic heterocycles. The van der Waals surface area contributed by atoms with Crippen molar-refractivity contribution in [3.05, 3.63) is 23.3 Å². The number of amides is 1. The number of rotatable bonds is 6. The van der Waals surface area contributed by atoms with Gasteiger partial charge >= 0.3 is 0 Å². The first-order valence-corrected chi connectivity index (χ1v) is 12.0. The summed E-state index contributed by atoms with van der Waals surface area (Å²) in [4.78, 5) is 15.2. The highest BCUT2D eigenvalue weighted by atomic mass is 35.5. The number of piperidine rings is 1. The van der Waals surface area contributed by atoms with Crippen LogP contribution < -0.4 is 5.32 Å². The fourth-order valence-corrected chi connectivity index (χ4v) is 5.33. The summed E-state index contributed by atoms with van der Waals surface area (Å²) < 4.78 is 14.0. The Morgan fingerprint density at radius 1 is 1.21 bits per heavy atom. The number of carbonyl (C=O) groups is 1. The lowest BCUT2D eigenvalue weighted by Gasteiger charge is -2.39. The highest BCUT2D eigenvalue weighted by Crippen LogP contribution is 2.37. The van der Waals surface area contributed by atoms with E-state index in [1.807, 2.05) is 11.0 Å². The number of likely N-dealkylation sites (tertiary alicyclic amines) is 1. The minimum absolute atomic E-state index is 0.151. The van der Waals surface area contributed by atoms with Crippen LogP contribution in [0.2, 0.25) is 0 Å². The van der Waals surface area contributed by atoms with Crippen molar-refractivity contribution in [2.75, 3.05) is 19.6 Å². The summed E-state index contributed by atoms with van der Waals surface area (Å²) in [5.74, 6) is 1.74. The van der Waals surface area contributed by atoms with Crippen molar-refractivity contribution < 1.29 is 9.18 Å². The highest BCUT2D eigenvalue weighted by molar-refractivity contribution is 6.30. The maximum Gasteiger partial charge on any atom is 0.239 e. The Balaban J connectivity index is 1.49. The predicted octanol–water partition coefficient (Wildman–Crippen LogP) is 5.28. The fourth-order valence-electron chi connectivity index (χ4n) is 4.94. The molecule has 0 saturated carbocycles. The van der Waals surface area contributed by atoms with E-state index in [0.717, 1.165) is 51.7 Å². The van der Waals surface area contributed by atoms with Crippen molar-refractivity contribution in [3.63, 3.8) is 0 Å². The highest BCUT2D eigenvalue weighted by Gasteiger charge is 2.34. The van der Waals surface area contributed by atoms with Gasteiger partial charge in [-0.05, 0) is 62.2 Å². The van der Waals surface area contributed by atoms with E-state index in [-0.39, 0.29) is 23.2 Å². The maximum atomic E-state index is 14.0. The van der Waals surface area contributed by atoms with Crippen LogP contribution in [-0.2, 0) is 4.79 Å². The molecule has 0 aromatic heterocycles. The monoisotopic (exact) mass is 444 g/mol. The van der Waals surface area contributed by atoms with Crippen molar-refractivity contribution >= 4 is 29.1 Å². The lowest BCUT2D eigenvalue weighted by molar-refractivity contribution is -0.136. The maximum absolute atomic E-state index is 14.0. The molecule has 3 rings (SSSR count). The number of alkyl halides is 2. The Kier molecular flexibility index (Phi) is 8.47. The van der Waals surface area contributed by atoms with Crippen molar-refractivity contribution in [2.24, 2.45) is 23.7 Å². The van der Waals surface area contributed by atoms with E-state index in [1.165, 1.54) is 0 Å². The van der Waals surface area contributed by atoms with Gasteiger partial charge in [-0.15, -0.1) is 11.6 Å². The third-order valence-electron chi connectivity index (χ3n) is 6.88. The lowest BCUT2D eigenvalue weighted by atomic mass is 9.77. The van der Waals surface area contributed by atoms with E-state index < -0.39 is 6.17 Å². The van der Waals surface area contributed by atoms with Crippen molar-refractivity contribution in [1.29, 1.82) is 0 Å². The van der Waals surface area contributed by atoms with Gasteiger partial charge in [-0.2, -0.15) is 0 Å². The van der Waals surface area contributed by atoms with E-state index >= 15 is 0 Å². The first-order valence-electron chi connectivity index (χ1n) is 11.2. The second kappa shape index (κ2) is 10.6. The first-order chi connectivity index (χ1) is 13.8. The molecule has 6 heteroatoms. The van der Waals surface area contributed by atoms with Gasteiger partial charge in [0.2, 0.25) is 5.91 Å². The Hall–Kier alpha value is -0.580. The van der Waals surface area contributed by atoms with Gasteiger partial charge in [0.1, 0.15) is 6.17 Å². The summed E-state index contributed by atoms with van der Waals surface area (Å²) in [6.45, 7) is 6.58. The molecule has 29 heavy (non-hydrogen) atoms. The summed E-state index contributed by atoms with van der Waals surface area (Å²) in [6, 6.07) is -0.152. The molecule has 4 unspecified atom stereocenters. The molecular weight excluding hydrogens is 410 g/mol. The second-order valence-corrected chi connectivity index (χ2v) is 10.3. The van der Waals surface area contributed by atoms with Gasteiger partial charge < -0.3 is 10.2 Å². The topological polar surface area (TPSA) is 32.3 Å². The molecule has 164 valence electrons. The van der Waals surface area contributed by atoms with Gasteiger partial charge in [0.05, 0.1) is 11.4 Å². The van der Waals surface area contributed by atoms with Crippen LogP contribution in [0, 0.1) is 23.7 Å². The number of hydrogen-bond donors (Lipinski definition) is 1. The van der Waals surface area contributed by atoms with E-state index in [4.69, 9.17) is 23.2 Å². The third-order valence-corrected chi connectivity index (χ3v) is 7.64. The van der Waals surface area contributed by atoms with Crippen LogP contribution in [0.25, 0.3) is 0 Å². The average molecular weight is 445 g/mol. The standard InChI is InChI=1S/C23H35Cl2FN2O/c1-15(2)22(27-14-16-3-6-19(24)7-4-16)23(29)28-11-9-17(10-12-28)18-5-8-20(25)21(26)13-18/h3,6,8,15-19,21-22,27H,4-5,7,9-14H2,1-2H3/t16?,18?,19?,21?,22-/m1/s1. The molecule has 0 radical (unpaired) electrons. The van der Waals surface area contributed by atoms with Crippen LogP contribution in [0.15, 0.2) is 23.3 Å². The minimum atomic E-state index is -1.01. The van der Waals surface area contributed by atoms with Crippen LogP contribution in [-0.4, -0.2) is 48.0 Å². The van der Waals surface area contributed by atoms with Crippen LogP contribution >= 0.6 is 23.2 Å². The van der Waals surface area contributed by atoms with Gasteiger partial charge in [0.15, 0.2) is 0 Å². The van der Waals surface area contributed by atoms with E-state index in [2.05, 4.69) is 31.3 Å². The second-order valence-electron chi connectivity index (χ2n) is 9.32. The Morgan fingerprint density at radius 3 is 2.52 bits per heavy atom. The van der Waals surface area contributed by atoms with E-state index in [1.54, 1.807) is 0 Å². The van der Waals surface area contributed by atoms with Gasteiger partial charge in [-0.3, -0.25) is 4.79 Å². The number of carbonyl (C=O) groups excluding carboxylic acids is 1. The van der Waals surface area contributed by atoms with Gasteiger partial charge in [-0.25, -0.2) is 4.39 Å². The quantitative estimate of drug-likeness (QED) is 0.446. The van der Waals surface area contributed by atoms with Crippen LogP contribution in [0.3, 0.4) is 0 Å². The zero-order chi connectivity index (χ0) is 21.0. The zero-order valence-electron chi connectivity index (χ0n) is 17.6. The molecule has 0 aromatic carbocycles. The normalized spacial score (nSPS) is 32.3. The number of nitrogens with one attached hydrogen (secondary N) is 1. The van der Waals surface area contributed by atoms with Crippen LogP contribution in [0.5, 0.6) is 0 Å². The Labute approximate surface area is 185 Å². The summed E-state index contributed by atoms with van der Waals surface area (Å²) >= 11 is 12.0. The molecule has 0 bridgehead atoms. The predicted molar refractivity (Wildman–Crippen MR) is 119 cm³/mol. The van der Waals surface area contributed by atoms with Crippen molar-refractivity contribution in [2.45, 2.75) is 70.0 Å². The molecule has 0 spiro atoms. The van der Waals surface area contributed by atoms with E-state index in [0.29, 0.717) is 29.2 Å². The summed E-state index contributed by atoms with van der Waals surface area (Å²) in [7, 11) is 0.